The molecule has 40 heavy (non-hydrogen) atoms. The number of fused-ring (bicyclic) bond motifs is 1. The second-order valence-electron chi connectivity index (χ2n) is 9.05. The molecular weight excluding hydrogens is 528 g/mol. The third kappa shape index (κ3) is 10.00. The van der Waals surface area contributed by atoms with Gasteiger partial charge in [0, 0.05) is 25.4 Å². The number of carbonyl (C=O) groups is 1. The third-order valence-corrected chi connectivity index (χ3v) is 5.69. The van der Waals surface area contributed by atoms with Crippen LogP contribution in [0.2, 0.25) is 5.02 Å². The molecule has 0 aliphatic carbocycles. The summed E-state index contributed by atoms with van der Waals surface area (Å²) >= 11 is 6.23. The lowest BCUT2D eigenvalue weighted by atomic mass is 10.1. The summed E-state index contributed by atoms with van der Waals surface area (Å²) in [4.78, 5) is 22.5. The van der Waals surface area contributed by atoms with Crippen molar-refractivity contribution >= 4 is 51.6 Å². The quantitative estimate of drug-likeness (QED) is 0.219. The fraction of sp³-hybridized carbons (Fsp3) is 0.300. The molecular formula is C30H39ClN6O3. The van der Waals surface area contributed by atoms with Crippen molar-refractivity contribution in [2.75, 3.05) is 57.4 Å². The summed E-state index contributed by atoms with van der Waals surface area (Å²) in [7, 11) is 7.17. The predicted octanol–water partition coefficient (Wildman–Crippen LogP) is 5.88. The number of aryl methyl sites for hydroxylation is 2. The molecule has 3 aromatic carbocycles. The predicted molar refractivity (Wildman–Crippen MR) is 166 cm³/mol. The van der Waals surface area contributed by atoms with Gasteiger partial charge in [-0.3, -0.25) is 4.79 Å². The first kappa shape index (κ1) is 32.3. The number of amides is 1. The fourth-order valence-corrected chi connectivity index (χ4v) is 3.63. The number of hydrogen-bond donors (Lipinski definition) is 4. The summed E-state index contributed by atoms with van der Waals surface area (Å²) in [5.41, 5.74) is 5.49. The van der Waals surface area contributed by atoms with E-state index in [0.29, 0.717) is 34.6 Å². The van der Waals surface area contributed by atoms with Crippen molar-refractivity contribution in [3.05, 3.63) is 76.8 Å². The molecule has 0 fully saturated rings. The summed E-state index contributed by atoms with van der Waals surface area (Å²) in [5.74, 6) is 1.99. The van der Waals surface area contributed by atoms with Crippen molar-refractivity contribution in [3.63, 3.8) is 0 Å². The molecule has 0 saturated heterocycles. The van der Waals surface area contributed by atoms with Gasteiger partial charge in [-0.25, -0.2) is 9.97 Å². The highest BCUT2D eigenvalue weighted by Gasteiger charge is 2.10. The zero-order chi connectivity index (χ0) is 29.7. The minimum Gasteiger partial charge on any atom is -0.497 e. The van der Waals surface area contributed by atoms with Crippen LogP contribution in [0.25, 0.3) is 11.0 Å². The van der Waals surface area contributed by atoms with Gasteiger partial charge in [0.15, 0.2) is 11.6 Å². The number of methoxy groups -OCH3 is 1. The highest BCUT2D eigenvalue weighted by atomic mass is 35.5. The average Bonchev–Trinajstić information content (AvgIpc) is 2.92. The Kier molecular flexibility index (Phi) is 13.1. The van der Waals surface area contributed by atoms with E-state index in [0.717, 1.165) is 27.8 Å². The Labute approximate surface area is 241 Å². The lowest BCUT2D eigenvalue weighted by molar-refractivity contribution is -0.116. The number of rotatable bonds is 7. The Balaban J connectivity index is 0.000000272. The summed E-state index contributed by atoms with van der Waals surface area (Å²) in [6.45, 7) is 6.35. The van der Waals surface area contributed by atoms with Gasteiger partial charge in [0.2, 0.25) is 5.91 Å². The van der Waals surface area contributed by atoms with E-state index in [1.54, 1.807) is 33.2 Å². The summed E-state index contributed by atoms with van der Waals surface area (Å²) in [5, 5.41) is 17.3. The van der Waals surface area contributed by atoms with Gasteiger partial charge in [-0.05, 0) is 76.3 Å². The van der Waals surface area contributed by atoms with Gasteiger partial charge < -0.3 is 30.7 Å². The molecule has 1 aromatic heterocycles. The SMILES string of the molecule is CCO.CNc1nc2ccccc2nc1Nc1cc(OC)ccc1Cl.Cc1ccc(C)c(NC(=O)CN(C)C)c1. The molecule has 0 unspecified atom stereocenters. The molecule has 0 saturated carbocycles. The molecule has 4 aromatic rings. The van der Waals surface area contributed by atoms with Crippen LogP contribution < -0.4 is 20.7 Å². The molecule has 0 bridgehead atoms. The van der Waals surface area contributed by atoms with Crippen molar-refractivity contribution in [1.82, 2.24) is 14.9 Å². The first-order chi connectivity index (χ1) is 19.1. The summed E-state index contributed by atoms with van der Waals surface area (Å²) in [6, 6.07) is 19.1. The Hall–Kier alpha value is -3.92. The van der Waals surface area contributed by atoms with Crippen LogP contribution in [0.1, 0.15) is 18.1 Å². The number of halogens is 1. The van der Waals surface area contributed by atoms with E-state index >= 15 is 0 Å². The van der Waals surface area contributed by atoms with Crippen LogP contribution in [-0.4, -0.2) is 67.3 Å². The number of aromatic nitrogens is 2. The number of nitrogens with zero attached hydrogens (tertiary/aromatic N) is 3. The van der Waals surface area contributed by atoms with E-state index in [1.165, 1.54) is 0 Å². The van der Waals surface area contributed by atoms with Crippen molar-refractivity contribution in [2.45, 2.75) is 20.8 Å². The summed E-state index contributed by atoms with van der Waals surface area (Å²) < 4.78 is 5.22. The number of aliphatic hydroxyl groups is 1. The van der Waals surface area contributed by atoms with Crippen molar-refractivity contribution in [1.29, 1.82) is 0 Å². The number of nitrogens with one attached hydrogen (secondary N) is 3. The maximum absolute atomic E-state index is 11.5. The molecule has 1 amide bonds. The third-order valence-electron chi connectivity index (χ3n) is 5.36. The number of hydrogen-bond acceptors (Lipinski definition) is 8. The molecule has 10 heteroatoms. The molecule has 4 rings (SSSR count). The van der Waals surface area contributed by atoms with E-state index < -0.39 is 0 Å². The van der Waals surface area contributed by atoms with Crippen LogP contribution in [0.15, 0.2) is 60.7 Å². The molecule has 214 valence electrons. The summed E-state index contributed by atoms with van der Waals surface area (Å²) in [6.07, 6.45) is 0. The number of ether oxygens (including phenoxy) is 1. The zero-order valence-corrected chi connectivity index (χ0v) is 24.9. The number of aliphatic hydroxyl groups excluding tert-OH is 1. The average molecular weight is 567 g/mol. The molecule has 0 atom stereocenters. The van der Waals surface area contributed by atoms with E-state index in [9.17, 15) is 4.79 Å². The van der Waals surface area contributed by atoms with Crippen LogP contribution in [0.4, 0.5) is 23.0 Å². The van der Waals surface area contributed by atoms with E-state index in [2.05, 4.69) is 25.9 Å². The van der Waals surface area contributed by atoms with Gasteiger partial charge in [0.1, 0.15) is 5.75 Å². The largest absolute Gasteiger partial charge is 0.497 e. The second kappa shape index (κ2) is 16.2. The number of anilines is 4. The Morgan fingerprint density at radius 2 is 1.60 bits per heavy atom. The second-order valence-corrected chi connectivity index (χ2v) is 9.46. The molecule has 1 heterocycles. The first-order valence-electron chi connectivity index (χ1n) is 12.8. The lowest BCUT2D eigenvalue weighted by Crippen LogP contribution is -2.27. The van der Waals surface area contributed by atoms with Crippen LogP contribution in [0, 0.1) is 13.8 Å². The highest BCUT2D eigenvalue weighted by Crippen LogP contribution is 2.31. The maximum Gasteiger partial charge on any atom is 0.238 e. The monoisotopic (exact) mass is 566 g/mol. The number of carbonyl (C=O) groups excluding carboxylic acids is 1. The van der Waals surface area contributed by atoms with Gasteiger partial charge in [-0.2, -0.15) is 0 Å². The molecule has 4 N–H and O–H groups in total. The van der Waals surface area contributed by atoms with Crippen LogP contribution in [-0.2, 0) is 4.79 Å². The molecule has 0 aliphatic rings. The van der Waals surface area contributed by atoms with Crippen LogP contribution >= 0.6 is 11.6 Å². The van der Waals surface area contributed by atoms with Crippen LogP contribution in [0.3, 0.4) is 0 Å². The maximum atomic E-state index is 11.5. The smallest absolute Gasteiger partial charge is 0.238 e. The Morgan fingerprint density at radius 1 is 0.975 bits per heavy atom. The van der Waals surface area contributed by atoms with E-state index in [1.807, 2.05) is 81.4 Å². The Morgan fingerprint density at radius 3 is 2.17 bits per heavy atom. The molecule has 9 nitrogen and oxygen atoms in total. The minimum absolute atomic E-state index is 0.0219. The molecule has 0 radical (unpaired) electrons. The normalized spacial score (nSPS) is 10.2. The highest BCUT2D eigenvalue weighted by molar-refractivity contribution is 6.33. The van der Waals surface area contributed by atoms with Gasteiger partial charge >= 0.3 is 0 Å². The van der Waals surface area contributed by atoms with Crippen molar-refractivity contribution in [3.8, 4) is 5.75 Å². The zero-order valence-electron chi connectivity index (χ0n) is 24.2. The van der Waals surface area contributed by atoms with Crippen LogP contribution in [0.5, 0.6) is 5.75 Å². The topological polar surface area (TPSA) is 112 Å². The van der Waals surface area contributed by atoms with E-state index in [-0.39, 0.29) is 12.5 Å². The molecule has 0 aliphatic heterocycles. The van der Waals surface area contributed by atoms with E-state index in [4.69, 9.17) is 21.4 Å². The number of para-hydroxylation sites is 2. The van der Waals surface area contributed by atoms with Crippen molar-refractivity contribution in [2.24, 2.45) is 0 Å². The number of likely N-dealkylation sites (N-methyl/N-ethyl adjacent to an activating group) is 1. The van der Waals surface area contributed by atoms with Crippen molar-refractivity contribution < 1.29 is 14.6 Å². The van der Waals surface area contributed by atoms with Gasteiger partial charge in [0.05, 0.1) is 35.4 Å². The number of benzene rings is 3. The van der Waals surface area contributed by atoms with Gasteiger partial charge in [-0.1, -0.05) is 35.9 Å². The molecule has 0 spiro atoms. The van der Waals surface area contributed by atoms with Gasteiger partial charge in [-0.15, -0.1) is 0 Å². The lowest BCUT2D eigenvalue weighted by Gasteiger charge is -2.13. The fourth-order valence-electron chi connectivity index (χ4n) is 3.46. The Bertz CT molecular complexity index is 1400. The standard InChI is InChI=1S/C16H15ClN4O.C12H18N2O.C2H6O/c1-18-15-16(20-13-6-4-3-5-12(13)19-15)21-14-9-10(22-2)7-8-11(14)17;1-9-5-6-10(2)11(7-9)13-12(15)8-14(3)4;1-2-3/h3-9H,1-2H3,(H,18,19)(H,20,21);5-7H,8H2,1-4H3,(H,13,15);3H,2H2,1H3. The van der Waals surface area contributed by atoms with Gasteiger partial charge in [0.25, 0.3) is 0 Å². The first-order valence-corrected chi connectivity index (χ1v) is 13.2. The minimum atomic E-state index is 0.0219.